The van der Waals surface area contributed by atoms with Crippen molar-refractivity contribution in [3.8, 4) is 0 Å². The monoisotopic (exact) mass is 355 g/mol. The molecule has 0 fully saturated rings. The van der Waals surface area contributed by atoms with E-state index in [1.165, 1.54) is 0 Å². The first kappa shape index (κ1) is 22.6. The average Bonchev–Trinajstić information content (AvgIpc) is 2.56. The van der Waals surface area contributed by atoms with Gasteiger partial charge in [0, 0.05) is 13.0 Å². The topological polar surface area (TPSA) is 137 Å². The third-order valence-electron chi connectivity index (χ3n) is 3.52. The highest BCUT2D eigenvalue weighted by molar-refractivity contribution is 5.79. The Balaban J connectivity index is 3.72. The summed E-state index contributed by atoms with van der Waals surface area (Å²) >= 11 is 0. The fraction of sp³-hybridized carbons (Fsp3) is 0.688. The number of nitrogens with one attached hydrogen (secondary N) is 4. The van der Waals surface area contributed by atoms with Gasteiger partial charge in [-0.2, -0.15) is 0 Å². The molecule has 0 aliphatic heterocycles. The van der Waals surface area contributed by atoms with Gasteiger partial charge in [-0.1, -0.05) is 30.8 Å². The first-order valence-corrected chi connectivity index (χ1v) is 8.58. The number of guanidine groups is 1. The number of allylic oxidation sites excluding steroid dienone is 1. The molecule has 1 atom stereocenters. The molecule has 1 unspecified atom stereocenters. The fourth-order valence-corrected chi connectivity index (χ4v) is 2.22. The molecule has 0 radical (unpaired) electrons. The Morgan fingerprint density at radius 1 is 1.20 bits per heavy atom. The second-order valence-electron chi connectivity index (χ2n) is 5.72. The maximum atomic E-state index is 11.8. The van der Waals surface area contributed by atoms with Crippen molar-refractivity contribution < 1.29 is 14.6 Å². The van der Waals surface area contributed by atoms with Crippen LogP contribution in [0, 0.1) is 15.5 Å². The lowest BCUT2D eigenvalue weighted by Gasteiger charge is -2.13. The minimum Gasteiger partial charge on any atom is -0.352 e. The summed E-state index contributed by atoms with van der Waals surface area (Å²) in [7, 11) is 0. The standard InChI is InChI=1S/C16H29N5O4/c1-2-3-4-5-6-7-8-11-15(23)19-14(13-22)10-9-12-18-16(17)20-21(24)25/h2,13-14H,1,3-12H2,(H,19,23)(H3,17,18,20). The number of nitro groups is 1. The molecule has 0 aromatic rings. The maximum absolute atomic E-state index is 11.8. The molecule has 0 bridgehead atoms. The highest BCUT2D eigenvalue weighted by Crippen LogP contribution is 2.07. The van der Waals surface area contributed by atoms with Gasteiger partial charge in [-0.15, -0.1) is 6.58 Å². The van der Waals surface area contributed by atoms with Crippen LogP contribution >= 0.6 is 0 Å². The maximum Gasteiger partial charge on any atom is 0.251 e. The molecule has 142 valence electrons. The van der Waals surface area contributed by atoms with Gasteiger partial charge in [-0.25, -0.2) is 10.1 Å². The van der Waals surface area contributed by atoms with Crippen molar-refractivity contribution in [3.63, 3.8) is 0 Å². The zero-order valence-corrected chi connectivity index (χ0v) is 14.6. The molecule has 25 heavy (non-hydrogen) atoms. The van der Waals surface area contributed by atoms with Crippen LogP contribution in [0.15, 0.2) is 12.7 Å². The van der Waals surface area contributed by atoms with Crippen LogP contribution < -0.4 is 16.1 Å². The molecule has 4 N–H and O–H groups in total. The summed E-state index contributed by atoms with van der Waals surface area (Å²) in [5.74, 6) is -0.552. The van der Waals surface area contributed by atoms with E-state index in [0.29, 0.717) is 32.1 Å². The van der Waals surface area contributed by atoms with Gasteiger partial charge in [0.2, 0.25) is 5.91 Å². The van der Waals surface area contributed by atoms with Crippen molar-refractivity contribution >= 4 is 18.2 Å². The number of rotatable bonds is 15. The van der Waals surface area contributed by atoms with Crippen molar-refractivity contribution in [2.75, 3.05) is 6.54 Å². The lowest BCUT2D eigenvalue weighted by atomic mass is 10.1. The van der Waals surface area contributed by atoms with Gasteiger partial charge in [0.25, 0.3) is 5.96 Å². The van der Waals surface area contributed by atoms with E-state index in [2.05, 4.69) is 17.2 Å². The van der Waals surface area contributed by atoms with Gasteiger partial charge in [0.05, 0.1) is 6.04 Å². The van der Waals surface area contributed by atoms with Gasteiger partial charge >= 0.3 is 0 Å². The molecule has 9 heteroatoms. The molecule has 0 spiro atoms. The number of aldehydes is 1. The largest absolute Gasteiger partial charge is 0.352 e. The van der Waals surface area contributed by atoms with Crippen LogP contribution in [-0.4, -0.2) is 35.8 Å². The Kier molecular flexibility index (Phi) is 13.6. The quantitative estimate of drug-likeness (QED) is 0.0670. The van der Waals surface area contributed by atoms with Gasteiger partial charge in [0.1, 0.15) is 6.29 Å². The number of carbonyl (C=O) groups excluding carboxylic acids is 2. The number of carbonyl (C=O) groups is 2. The Morgan fingerprint density at radius 2 is 1.88 bits per heavy atom. The molecule has 0 aliphatic rings. The summed E-state index contributed by atoms with van der Waals surface area (Å²) in [6.45, 7) is 3.97. The summed E-state index contributed by atoms with van der Waals surface area (Å²) in [4.78, 5) is 32.9. The normalized spacial score (nSPS) is 11.2. The molecule has 0 saturated carbocycles. The van der Waals surface area contributed by atoms with Crippen LogP contribution in [0.25, 0.3) is 0 Å². The molecule has 0 aromatic heterocycles. The number of hydrogen-bond donors (Lipinski definition) is 4. The van der Waals surface area contributed by atoms with E-state index in [1.807, 2.05) is 6.08 Å². The zero-order chi connectivity index (χ0) is 18.9. The zero-order valence-electron chi connectivity index (χ0n) is 14.6. The predicted molar refractivity (Wildman–Crippen MR) is 95.6 cm³/mol. The van der Waals surface area contributed by atoms with E-state index < -0.39 is 17.0 Å². The SMILES string of the molecule is C=CCCCCCCCC(=O)NC(C=O)CCCNC(=N)N[N+](=O)[O-]. The van der Waals surface area contributed by atoms with Crippen molar-refractivity contribution in [2.24, 2.45) is 0 Å². The smallest absolute Gasteiger partial charge is 0.251 e. The summed E-state index contributed by atoms with van der Waals surface area (Å²) in [6, 6.07) is -0.570. The van der Waals surface area contributed by atoms with E-state index in [-0.39, 0.29) is 5.91 Å². The van der Waals surface area contributed by atoms with Crippen LogP contribution in [0.2, 0.25) is 0 Å². The van der Waals surface area contributed by atoms with E-state index in [9.17, 15) is 19.7 Å². The van der Waals surface area contributed by atoms with E-state index >= 15 is 0 Å². The molecule has 0 saturated heterocycles. The predicted octanol–water partition coefficient (Wildman–Crippen LogP) is 1.67. The minimum absolute atomic E-state index is 0.140. The van der Waals surface area contributed by atoms with Crippen molar-refractivity contribution in [1.82, 2.24) is 16.1 Å². The molecule has 9 nitrogen and oxygen atoms in total. The van der Waals surface area contributed by atoms with Crippen LogP contribution in [-0.2, 0) is 9.59 Å². The summed E-state index contributed by atoms with van der Waals surface area (Å²) in [5.41, 5.74) is 1.67. The van der Waals surface area contributed by atoms with Gasteiger partial charge in [0.15, 0.2) is 5.03 Å². The molecule has 0 rings (SSSR count). The first-order valence-electron chi connectivity index (χ1n) is 8.58. The van der Waals surface area contributed by atoms with Gasteiger partial charge in [-0.05, 0) is 32.1 Å². The Morgan fingerprint density at radius 3 is 2.52 bits per heavy atom. The Bertz CT molecular complexity index is 442. The van der Waals surface area contributed by atoms with Gasteiger partial charge < -0.3 is 15.4 Å². The number of hydrazine groups is 1. The summed E-state index contributed by atoms with van der Waals surface area (Å²) in [6.07, 6.45) is 10.1. The highest BCUT2D eigenvalue weighted by Gasteiger charge is 2.11. The summed E-state index contributed by atoms with van der Waals surface area (Å²) < 4.78 is 0. The Hall–Kier alpha value is -2.45. The number of unbranched alkanes of at least 4 members (excludes halogenated alkanes) is 5. The number of nitrogens with zero attached hydrogens (tertiary/aromatic N) is 1. The van der Waals surface area contributed by atoms with Crippen LogP contribution in [0.5, 0.6) is 0 Å². The third-order valence-corrected chi connectivity index (χ3v) is 3.52. The van der Waals surface area contributed by atoms with E-state index in [4.69, 9.17) is 5.41 Å². The van der Waals surface area contributed by atoms with Gasteiger partial charge in [-0.3, -0.25) is 10.2 Å². The van der Waals surface area contributed by atoms with Crippen LogP contribution in [0.4, 0.5) is 0 Å². The molecule has 0 aromatic carbocycles. The highest BCUT2D eigenvalue weighted by atomic mass is 16.7. The first-order chi connectivity index (χ1) is 12.0. The number of amides is 1. The fourth-order valence-electron chi connectivity index (χ4n) is 2.22. The Labute approximate surface area is 148 Å². The lowest BCUT2D eigenvalue weighted by Crippen LogP contribution is -2.41. The van der Waals surface area contributed by atoms with Crippen LogP contribution in [0.3, 0.4) is 0 Å². The molecule has 0 aliphatic carbocycles. The summed E-state index contributed by atoms with van der Waals surface area (Å²) in [5, 5.41) is 21.7. The van der Waals surface area contributed by atoms with Crippen molar-refractivity contribution in [3.05, 3.63) is 22.8 Å². The molecular formula is C16H29N5O4. The number of hydrogen-bond acceptors (Lipinski definition) is 5. The van der Waals surface area contributed by atoms with E-state index in [1.54, 1.807) is 5.43 Å². The average molecular weight is 355 g/mol. The molecule has 0 heterocycles. The molecule has 1 amide bonds. The second-order valence-corrected chi connectivity index (χ2v) is 5.72. The van der Waals surface area contributed by atoms with Crippen molar-refractivity contribution in [2.45, 2.75) is 63.8 Å². The minimum atomic E-state index is -0.830. The van der Waals surface area contributed by atoms with E-state index in [0.717, 1.165) is 38.5 Å². The second kappa shape index (κ2) is 15.1. The van der Waals surface area contributed by atoms with Crippen molar-refractivity contribution in [1.29, 1.82) is 5.41 Å². The lowest BCUT2D eigenvalue weighted by molar-refractivity contribution is -0.525. The van der Waals surface area contributed by atoms with Crippen LogP contribution in [0.1, 0.15) is 57.8 Å². The third kappa shape index (κ3) is 14.9. The molecular weight excluding hydrogens is 326 g/mol.